The summed E-state index contributed by atoms with van der Waals surface area (Å²) in [5, 5.41) is 3.16. The number of benzene rings is 1. The molecule has 0 spiro atoms. The number of urea groups is 1. The molecule has 6 heteroatoms. The molecule has 3 amide bonds. The van der Waals surface area contributed by atoms with Gasteiger partial charge in [-0.1, -0.05) is 32.3 Å². The van der Waals surface area contributed by atoms with Crippen LogP contribution in [0.2, 0.25) is 0 Å². The minimum Gasteiger partial charge on any atom is -0.496 e. The second-order valence-electron chi connectivity index (χ2n) is 7.45. The van der Waals surface area contributed by atoms with Gasteiger partial charge in [-0.3, -0.25) is 4.79 Å². The smallest absolute Gasteiger partial charge is 0.317 e. The summed E-state index contributed by atoms with van der Waals surface area (Å²) < 4.78 is 5.38. The number of piperazine rings is 1. The van der Waals surface area contributed by atoms with Gasteiger partial charge in [0.05, 0.1) is 12.7 Å². The van der Waals surface area contributed by atoms with Gasteiger partial charge in [-0.2, -0.15) is 0 Å². The van der Waals surface area contributed by atoms with Gasteiger partial charge in [0.25, 0.3) is 5.91 Å². The van der Waals surface area contributed by atoms with Crippen LogP contribution in [-0.2, 0) is 6.42 Å². The van der Waals surface area contributed by atoms with Crippen molar-refractivity contribution < 1.29 is 14.3 Å². The number of amides is 3. The zero-order valence-electron chi connectivity index (χ0n) is 16.5. The molecule has 6 nitrogen and oxygen atoms in total. The van der Waals surface area contributed by atoms with Crippen molar-refractivity contribution in [3.05, 3.63) is 29.3 Å². The first-order valence-electron chi connectivity index (χ1n) is 10.1. The van der Waals surface area contributed by atoms with E-state index in [2.05, 4.69) is 12.2 Å². The van der Waals surface area contributed by atoms with Crippen LogP contribution in [0.25, 0.3) is 0 Å². The number of nitrogens with zero attached hydrogens (tertiary/aromatic N) is 2. The largest absolute Gasteiger partial charge is 0.496 e. The minimum absolute atomic E-state index is 0.0135. The molecule has 3 rings (SSSR count). The summed E-state index contributed by atoms with van der Waals surface area (Å²) in [6, 6.07) is 6.10. The predicted molar refractivity (Wildman–Crippen MR) is 105 cm³/mol. The second kappa shape index (κ2) is 9.11. The van der Waals surface area contributed by atoms with Crippen LogP contribution in [0.3, 0.4) is 0 Å². The summed E-state index contributed by atoms with van der Waals surface area (Å²) in [6.07, 6.45) is 6.71. The molecule has 1 aliphatic heterocycles. The number of hydrogen-bond donors (Lipinski definition) is 1. The van der Waals surface area contributed by atoms with Crippen molar-refractivity contribution in [2.24, 2.45) is 0 Å². The van der Waals surface area contributed by atoms with Gasteiger partial charge in [-0.05, 0) is 37.0 Å². The third-order valence-corrected chi connectivity index (χ3v) is 5.69. The van der Waals surface area contributed by atoms with Crippen LogP contribution in [0.4, 0.5) is 4.79 Å². The third-order valence-electron chi connectivity index (χ3n) is 5.69. The number of nitrogens with one attached hydrogen (secondary N) is 1. The van der Waals surface area contributed by atoms with Crippen LogP contribution >= 0.6 is 0 Å². The quantitative estimate of drug-likeness (QED) is 0.882. The lowest BCUT2D eigenvalue weighted by Gasteiger charge is -2.36. The molecular weight excluding hydrogens is 342 g/mol. The Morgan fingerprint density at radius 3 is 2.37 bits per heavy atom. The van der Waals surface area contributed by atoms with Crippen LogP contribution in [0.5, 0.6) is 5.75 Å². The van der Waals surface area contributed by atoms with Crippen LogP contribution in [-0.4, -0.2) is 61.1 Å². The first-order chi connectivity index (χ1) is 13.1. The Labute approximate surface area is 161 Å². The van der Waals surface area contributed by atoms with Crippen molar-refractivity contribution in [1.82, 2.24) is 15.1 Å². The van der Waals surface area contributed by atoms with E-state index in [1.807, 2.05) is 28.0 Å². The van der Waals surface area contributed by atoms with E-state index in [0.717, 1.165) is 24.8 Å². The maximum atomic E-state index is 13.0. The molecule has 1 heterocycles. The lowest BCUT2D eigenvalue weighted by Crippen LogP contribution is -2.54. The van der Waals surface area contributed by atoms with Gasteiger partial charge in [0, 0.05) is 32.2 Å². The average Bonchev–Trinajstić information content (AvgIpc) is 2.73. The molecular formula is C21H31N3O3. The van der Waals surface area contributed by atoms with E-state index in [1.165, 1.54) is 19.3 Å². The van der Waals surface area contributed by atoms with Crippen molar-refractivity contribution in [2.75, 3.05) is 33.3 Å². The second-order valence-corrected chi connectivity index (χ2v) is 7.45. The van der Waals surface area contributed by atoms with E-state index in [4.69, 9.17) is 4.74 Å². The number of methoxy groups -OCH3 is 1. The molecule has 1 aliphatic carbocycles. The summed E-state index contributed by atoms with van der Waals surface area (Å²) in [5.74, 6) is 0.587. The molecule has 0 aromatic heterocycles. The van der Waals surface area contributed by atoms with Crippen molar-refractivity contribution in [2.45, 2.75) is 51.5 Å². The van der Waals surface area contributed by atoms with E-state index >= 15 is 0 Å². The Kier molecular flexibility index (Phi) is 6.58. The molecule has 1 saturated carbocycles. The van der Waals surface area contributed by atoms with Crippen molar-refractivity contribution in [1.29, 1.82) is 0 Å². The highest BCUT2D eigenvalue weighted by molar-refractivity contribution is 5.97. The average molecular weight is 373 g/mol. The Morgan fingerprint density at radius 1 is 1.07 bits per heavy atom. The minimum atomic E-state index is -0.0190. The number of carbonyl (C=O) groups excluding carboxylic acids is 2. The maximum absolute atomic E-state index is 13.0. The molecule has 2 aliphatic rings. The van der Waals surface area contributed by atoms with Gasteiger partial charge in [0.15, 0.2) is 0 Å². The van der Waals surface area contributed by atoms with E-state index in [-0.39, 0.29) is 11.9 Å². The lowest BCUT2D eigenvalue weighted by molar-refractivity contribution is 0.0659. The molecule has 0 radical (unpaired) electrons. The van der Waals surface area contributed by atoms with E-state index in [0.29, 0.717) is 43.5 Å². The highest BCUT2D eigenvalue weighted by Crippen LogP contribution is 2.23. The van der Waals surface area contributed by atoms with Crippen molar-refractivity contribution >= 4 is 11.9 Å². The van der Waals surface area contributed by atoms with Gasteiger partial charge in [0.1, 0.15) is 5.75 Å². The number of rotatable bonds is 4. The molecule has 1 aromatic rings. The summed E-state index contributed by atoms with van der Waals surface area (Å²) in [4.78, 5) is 29.1. The van der Waals surface area contributed by atoms with E-state index in [9.17, 15) is 9.59 Å². The summed E-state index contributed by atoms with van der Waals surface area (Å²) in [5.41, 5.74) is 1.72. The fourth-order valence-electron chi connectivity index (χ4n) is 3.94. The number of ether oxygens (including phenoxy) is 1. The van der Waals surface area contributed by atoms with Crippen LogP contribution in [0.1, 0.15) is 54.9 Å². The van der Waals surface area contributed by atoms with Crippen LogP contribution < -0.4 is 10.1 Å². The number of aryl methyl sites for hydroxylation is 1. The molecule has 148 valence electrons. The first kappa shape index (κ1) is 19.5. The SMILES string of the molecule is CCc1ccc(OC)c(C(=O)N2CCN(C(=O)NC3CCCCC3)CC2)c1. The molecule has 27 heavy (non-hydrogen) atoms. The van der Waals surface area contributed by atoms with Gasteiger partial charge < -0.3 is 19.9 Å². The number of carbonyl (C=O) groups is 2. The van der Waals surface area contributed by atoms with Gasteiger partial charge in [-0.25, -0.2) is 4.79 Å². The molecule has 1 N–H and O–H groups in total. The molecule has 1 aromatic carbocycles. The van der Waals surface area contributed by atoms with Crippen LogP contribution in [0.15, 0.2) is 18.2 Å². The summed E-state index contributed by atoms with van der Waals surface area (Å²) in [7, 11) is 1.59. The molecule has 0 unspecified atom stereocenters. The highest BCUT2D eigenvalue weighted by atomic mass is 16.5. The Morgan fingerprint density at radius 2 is 1.74 bits per heavy atom. The van der Waals surface area contributed by atoms with E-state index < -0.39 is 0 Å². The molecule has 0 bridgehead atoms. The Bertz CT molecular complexity index is 663. The highest BCUT2D eigenvalue weighted by Gasteiger charge is 2.27. The normalized spacial score (nSPS) is 18.3. The topological polar surface area (TPSA) is 61.9 Å². The summed E-state index contributed by atoms with van der Waals surface area (Å²) >= 11 is 0. The molecule has 2 fully saturated rings. The number of hydrogen-bond acceptors (Lipinski definition) is 3. The Balaban J connectivity index is 1.57. The standard InChI is InChI=1S/C21H31N3O3/c1-3-16-9-10-19(27-2)18(15-16)20(25)23-11-13-24(14-12-23)21(26)22-17-7-5-4-6-8-17/h9-10,15,17H,3-8,11-14H2,1-2H3,(H,22,26). The zero-order chi connectivity index (χ0) is 19.2. The zero-order valence-corrected chi connectivity index (χ0v) is 16.5. The van der Waals surface area contributed by atoms with Crippen molar-refractivity contribution in [3.8, 4) is 5.75 Å². The fourth-order valence-corrected chi connectivity index (χ4v) is 3.94. The maximum Gasteiger partial charge on any atom is 0.317 e. The van der Waals surface area contributed by atoms with Crippen LogP contribution in [0, 0.1) is 0 Å². The third kappa shape index (κ3) is 4.73. The molecule has 0 atom stereocenters. The van der Waals surface area contributed by atoms with Gasteiger partial charge in [0.2, 0.25) is 0 Å². The first-order valence-corrected chi connectivity index (χ1v) is 10.1. The monoisotopic (exact) mass is 373 g/mol. The van der Waals surface area contributed by atoms with Gasteiger partial charge >= 0.3 is 6.03 Å². The fraction of sp³-hybridized carbons (Fsp3) is 0.619. The summed E-state index contributed by atoms with van der Waals surface area (Å²) in [6.45, 7) is 4.31. The predicted octanol–water partition coefficient (Wildman–Crippen LogP) is 3.06. The van der Waals surface area contributed by atoms with Crippen molar-refractivity contribution in [3.63, 3.8) is 0 Å². The lowest BCUT2D eigenvalue weighted by atomic mass is 9.96. The van der Waals surface area contributed by atoms with E-state index in [1.54, 1.807) is 7.11 Å². The Hall–Kier alpha value is -2.24. The molecule has 1 saturated heterocycles. The van der Waals surface area contributed by atoms with Gasteiger partial charge in [-0.15, -0.1) is 0 Å².